The number of hydrogen-bond acceptors (Lipinski definition) is 3. The van der Waals surface area contributed by atoms with Crippen molar-refractivity contribution in [1.29, 1.82) is 0 Å². The molecule has 0 fully saturated rings. The van der Waals surface area contributed by atoms with Crippen molar-refractivity contribution in [3.63, 3.8) is 0 Å². The van der Waals surface area contributed by atoms with Crippen molar-refractivity contribution in [2.45, 2.75) is 6.92 Å². The molecule has 0 atom stereocenters. The third kappa shape index (κ3) is 1.75. The number of carbonyl (C=O) groups is 1. The van der Waals surface area contributed by atoms with Crippen molar-refractivity contribution in [1.82, 2.24) is 9.78 Å². The lowest BCUT2D eigenvalue weighted by atomic mass is 10.2. The molecule has 0 saturated carbocycles. The molecule has 2 rings (SSSR count). The van der Waals surface area contributed by atoms with Crippen molar-refractivity contribution in [3.05, 3.63) is 41.7 Å². The van der Waals surface area contributed by atoms with Gasteiger partial charge in [-0.1, -0.05) is 0 Å². The average molecular weight is 216 g/mol. The summed E-state index contributed by atoms with van der Waals surface area (Å²) in [6.45, 7) is 1.91. The molecular formula is C11H12N4O. The number of anilines is 1. The van der Waals surface area contributed by atoms with E-state index in [1.165, 1.54) is 0 Å². The second-order valence-corrected chi connectivity index (χ2v) is 3.55. The summed E-state index contributed by atoms with van der Waals surface area (Å²) in [6, 6.07) is 7.11. The molecule has 0 unspecified atom stereocenters. The molecule has 0 spiro atoms. The lowest BCUT2D eigenvalue weighted by molar-refractivity contribution is 0.0995. The summed E-state index contributed by atoms with van der Waals surface area (Å²) in [7, 11) is 0. The molecule has 0 bridgehead atoms. The number of aryl methyl sites for hydroxylation is 1. The van der Waals surface area contributed by atoms with Crippen molar-refractivity contribution in [2.24, 2.45) is 5.73 Å². The van der Waals surface area contributed by atoms with E-state index in [4.69, 9.17) is 11.5 Å². The van der Waals surface area contributed by atoms with E-state index in [1.807, 2.05) is 19.1 Å². The van der Waals surface area contributed by atoms with Gasteiger partial charge in [0.05, 0.1) is 5.69 Å². The molecule has 0 radical (unpaired) electrons. The van der Waals surface area contributed by atoms with E-state index in [2.05, 4.69) is 5.10 Å². The molecule has 5 heteroatoms. The molecule has 0 aliphatic carbocycles. The molecule has 2 aromatic rings. The Kier molecular flexibility index (Phi) is 2.36. The van der Waals surface area contributed by atoms with Crippen molar-refractivity contribution >= 4 is 11.6 Å². The van der Waals surface area contributed by atoms with Gasteiger partial charge in [0.1, 0.15) is 5.69 Å². The Hall–Kier alpha value is -2.30. The Morgan fingerprint density at radius 2 is 2.12 bits per heavy atom. The third-order valence-electron chi connectivity index (χ3n) is 2.36. The van der Waals surface area contributed by atoms with E-state index in [9.17, 15) is 4.79 Å². The number of rotatable bonds is 2. The molecule has 0 aliphatic rings. The number of nitrogen functional groups attached to an aromatic ring is 1. The van der Waals surface area contributed by atoms with Gasteiger partial charge in [-0.3, -0.25) is 4.79 Å². The standard InChI is InChI=1S/C11H12N4O/c1-7-6-8(2-3-9(7)12)15-5-4-10(14-15)11(13)16/h2-6H,12H2,1H3,(H2,13,16). The first-order valence-corrected chi connectivity index (χ1v) is 4.80. The van der Waals surface area contributed by atoms with E-state index in [-0.39, 0.29) is 5.69 Å². The minimum atomic E-state index is -0.536. The Morgan fingerprint density at radius 1 is 1.38 bits per heavy atom. The SMILES string of the molecule is Cc1cc(-n2ccc(C(N)=O)n2)ccc1N. The first-order chi connectivity index (χ1) is 7.58. The number of hydrogen-bond donors (Lipinski definition) is 2. The number of carbonyl (C=O) groups excluding carboxylic acids is 1. The van der Waals surface area contributed by atoms with Crippen LogP contribution in [-0.4, -0.2) is 15.7 Å². The summed E-state index contributed by atoms with van der Waals surface area (Å²) >= 11 is 0. The Morgan fingerprint density at radius 3 is 2.69 bits per heavy atom. The molecule has 4 N–H and O–H groups in total. The Labute approximate surface area is 92.7 Å². The largest absolute Gasteiger partial charge is 0.399 e. The Bertz CT molecular complexity index is 545. The van der Waals surface area contributed by atoms with Crippen LogP contribution >= 0.6 is 0 Å². The Balaban J connectivity index is 2.42. The summed E-state index contributed by atoms with van der Waals surface area (Å²) in [5.41, 5.74) is 13.6. The maximum absolute atomic E-state index is 10.9. The normalized spacial score (nSPS) is 10.3. The van der Waals surface area contributed by atoms with Crippen LogP contribution in [0.1, 0.15) is 16.1 Å². The summed E-state index contributed by atoms with van der Waals surface area (Å²) in [5.74, 6) is -0.536. The molecular weight excluding hydrogens is 204 g/mol. The van der Waals surface area contributed by atoms with Crippen molar-refractivity contribution < 1.29 is 4.79 Å². The van der Waals surface area contributed by atoms with Gasteiger partial charge in [0.15, 0.2) is 0 Å². The number of nitrogens with zero attached hydrogens (tertiary/aromatic N) is 2. The van der Waals surface area contributed by atoms with Gasteiger partial charge in [-0.25, -0.2) is 4.68 Å². The van der Waals surface area contributed by atoms with Crippen LogP contribution in [0.3, 0.4) is 0 Å². The van der Waals surface area contributed by atoms with Crippen LogP contribution in [0.4, 0.5) is 5.69 Å². The van der Waals surface area contributed by atoms with Gasteiger partial charge in [-0.2, -0.15) is 5.10 Å². The number of benzene rings is 1. The highest BCUT2D eigenvalue weighted by molar-refractivity contribution is 5.90. The summed E-state index contributed by atoms with van der Waals surface area (Å²) in [5, 5.41) is 4.05. The number of amides is 1. The van der Waals surface area contributed by atoms with Crippen LogP contribution in [0.2, 0.25) is 0 Å². The fourth-order valence-corrected chi connectivity index (χ4v) is 1.40. The smallest absolute Gasteiger partial charge is 0.269 e. The molecule has 0 saturated heterocycles. The molecule has 1 amide bonds. The van der Waals surface area contributed by atoms with Gasteiger partial charge in [0, 0.05) is 11.9 Å². The van der Waals surface area contributed by atoms with Crippen molar-refractivity contribution in [3.8, 4) is 5.69 Å². The fourth-order valence-electron chi connectivity index (χ4n) is 1.40. The van der Waals surface area contributed by atoms with Crippen LogP contribution < -0.4 is 11.5 Å². The average Bonchev–Trinajstić information content (AvgIpc) is 2.71. The van der Waals surface area contributed by atoms with Gasteiger partial charge in [0.25, 0.3) is 5.91 Å². The van der Waals surface area contributed by atoms with E-state index in [1.54, 1.807) is 23.0 Å². The van der Waals surface area contributed by atoms with Gasteiger partial charge >= 0.3 is 0 Å². The topological polar surface area (TPSA) is 86.9 Å². The zero-order valence-electron chi connectivity index (χ0n) is 8.84. The molecule has 0 aliphatic heterocycles. The van der Waals surface area contributed by atoms with Crippen molar-refractivity contribution in [2.75, 3.05) is 5.73 Å². The summed E-state index contributed by atoms with van der Waals surface area (Å²) < 4.78 is 1.59. The minimum absolute atomic E-state index is 0.245. The second kappa shape index (κ2) is 3.69. The van der Waals surface area contributed by atoms with Crippen LogP contribution in [0.25, 0.3) is 5.69 Å². The van der Waals surface area contributed by atoms with Crippen LogP contribution in [0.5, 0.6) is 0 Å². The van der Waals surface area contributed by atoms with E-state index in [0.717, 1.165) is 16.9 Å². The van der Waals surface area contributed by atoms with Gasteiger partial charge in [-0.15, -0.1) is 0 Å². The highest BCUT2D eigenvalue weighted by atomic mass is 16.1. The minimum Gasteiger partial charge on any atom is -0.399 e. The predicted molar refractivity (Wildman–Crippen MR) is 61.2 cm³/mol. The quantitative estimate of drug-likeness (QED) is 0.730. The van der Waals surface area contributed by atoms with Gasteiger partial charge < -0.3 is 11.5 Å². The summed E-state index contributed by atoms with van der Waals surface area (Å²) in [6.07, 6.45) is 1.69. The maximum Gasteiger partial charge on any atom is 0.269 e. The van der Waals surface area contributed by atoms with Gasteiger partial charge in [-0.05, 0) is 36.8 Å². The molecule has 82 valence electrons. The van der Waals surface area contributed by atoms with Crippen LogP contribution in [0, 0.1) is 6.92 Å². The number of primary amides is 1. The fraction of sp³-hybridized carbons (Fsp3) is 0.0909. The lowest BCUT2D eigenvalue weighted by Crippen LogP contribution is -2.12. The monoisotopic (exact) mass is 216 g/mol. The molecule has 5 nitrogen and oxygen atoms in total. The number of aromatic nitrogens is 2. The lowest BCUT2D eigenvalue weighted by Gasteiger charge is -2.04. The van der Waals surface area contributed by atoms with Gasteiger partial charge in [0.2, 0.25) is 0 Å². The molecule has 1 heterocycles. The number of nitrogens with two attached hydrogens (primary N) is 2. The highest BCUT2D eigenvalue weighted by Gasteiger charge is 2.06. The van der Waals surface area contributed by atoms with Crippen LogP contribution in [-0.2, 0) is 0 Å². The molecule has 16 heavy (non-hydrogen) atoms. The highest BCUT2D eigenvalue weighted by Crippen LogP contribution is 2.15. The molecule has 1 aromatic carbocycles. The maximum atomic E-state index is 10.9. The third-order valence-corrected chi connectivity index (χ3v) is 2.36. The van der Waals surface area contributed by atoms with Crippen LogP contribution in [0.15, 0.2) is 30.5 Å². The first kappa shape index (κ1) is 10.2. The zero-order valence-corrected chi connectivity index (χ0v) is 8.84. The summed E-state index contributed by atoms with van der Waals surface area (Å²) in [4.78, 5) is 10.9. The van der Waals surface area contributed by atoms with E-state index < -0.39 is 5.91 Å². The van der Waals surface area contributed by atoms with E-state index in [0.29, 0.717) is 0 Å². The predicted octanol–water partition coefficient (Wildman–Crippen LogP) is 0.862. The van der Waals surface area contributed by atoms with E-state index >= 15 is 0 Å². The second-order valence-electron chi connectivity index (χ2n) is 3.55. The first-order valence-electron chi connectivity index (χ1n) is 4.80. The molecule has 1 aromatic heterocycles. The zero-order chi connectivity index (χ0) is 11.7.